The minimum Gasteiger partial charge on any atom is -0.399 e. The number of ether oxygens (including phenoxy) is 1. The van der Waals surface area contributed by atoms with E-state index in [0.29, 0.717) is 46.6 Å². The number of anilines is 1. The first-order chi connectivity index (χ1) is 19.2. The summed E-state index contributed by atoms with van der Waals surface area (Å²) < 4.78 is 24.7. The molecule has 10 heteroatoms. The molecule has 2 N–H and O–H groups in total. The van der Waals surface area contributed by atoms with Gasteiger partial charge in [0.05, 0.1) is 17.3 Å². The maximum atomic E-state index is 14.9. The van der Waals surface area contributed by atoms with E-state index in [2.05, 4.69) is 11.7 Å². The zero-order chi connectivity index (χ0) is 28.6. The molecule has 5 rings (SSSR count). The molecule has 204 valence electrons. The molecule has 5 aromatic rings. The third-order valence-electron chi connectivity index (χ3n) is 6.58. The van der Waals surface area contributed by atoms with Gasteiger partial charge < -0.3 is 10.5 Å². The number of allylic oxidation sites excluding steroid dienone is 1. The molecule has 0 amide bonds. The van der Waals surface area contributed by atoms with Crippen molar-refractivity contribution in [3.63, 3.8) is 0 Å². The van der Waals surface area contributed by atoms with Gasteiger partial charge in [0.1, 0.15) is 12.3 Å². The summed E-state index contributed by atoms with van der Waals surface area (Å²) >= 11 is 6.29. The van der Waals surface area contributed by atoms with Crippen LogP contribution in [-0.2, 0) is 24.5 Å². The van der Waals surface area contributed by atoms with Crippen molar-refractivity contribution >= 4 is 33.6 Å². The Kier molecular flexibility index (Phi) is 7.42. The third-order valence-corrected chi connectivity index (χ3v) is 6.87. The van der Waals surface area contributed by atoms with Gasteiger partial charge in [0.25, 0.3) is 5.56 Å². The van der Waals surface area contributed by atoms with Crippen LogP contribution in [0.25, 0.3) is 27.7 Å². The molecule has 0 spiro atoms. The summed E-state index contributed by atoms with van der Waals surface area (Å²) in [6.45, 7) is 8.62. The summed E-state index contributed by atoms with van der Waals surface area (Å²) in [6.07, 6.45) is 1.49. The van der Waals surface area contributed by atoms with Gasteiger partial charge in [0.15, 0.2) is 11.6 Å². The van der Waals surface area contributed by atoms with E-state index in [1.54, 1.807) is 29.7 Å². The van der Waals surface area contributed by atoms with E-state index in [0.717, 1.165) is 16.2 Å². The number of hydrogen-bond donors (Lipinski definition) is 1. The van der Waals surface area contributed by atoms with Crippen LogP contribution in [0, 0.1) is 5.82 Å². The smallest absolute Gasteiger partial charge is 0.350 e. The number of pyridine rings is 1. The number of nitrogens with zero attached hydrogens (tertiary/aromatic N) is 4. The second kappa shape index (κ2) is 11.0. The van der Waals surface area contributed by atoms with E-state index < -0.39 is 11.4 Å². The van der Waals surface area contributed by atoms with E-state index in [1.165, 1.54) is 16.9 Å². The van der Waals surface area contributed by atoms with Crippen LogP contribution in [0.1, 0.15) is 30.8 Å². The highest BCUT2D eigenvalue weighted by molar-refractivity contribution is 6.32. The van der Waals surface area contributed by atoms with Crippen molar-refractivity contribution in [2.45, 2.75) is 33.6 Å². The van der Waals surface area contributed by atoms with Crippen molar-refractivity contribution in [1.82, 2.24) is 18.9 Å². The predicted molar refractivity (Wildman–Crippen MR) is 156 cm³/mol. The highest BCUT2D eigenvalue weighted by atomic mass is 35.5. The molecule has 0 aliphatic heterocycles. The number of nitrogens with two attached hydrogens (primary N) is 1. The second-order valence-corrected chi connectivity index (χ2v) is 9.80. The molecule has 0 saturated heterocycles. The van der Waals surface area contributed by atoms with Gasteiger partial charge in [-0.2, -0.15) is 4.68 Å². The number of benzene rings is 3. The Hall–Kier alpha value is -4.47. The Labute approximate surface area is 234 Å². The van der Waals surface area contributed by atoms with E-state index in [-0.39, 0.29) is 28.7 Å². The lowest BCUT2D eigenvalue weighted by molar-refractivity contribution is 0.0989. The quantitative estimate of drug-likeness (QED) is 0.254. The molecule has 0 aliphatic carbocycles. The van der Waals surface area contributed by atoms with Crippen LogP contribution < -0.4 is 17.0 Å². The molecule has 0 unspecified atom stereocenters. The van der Waals surface area contributed by atoms with Gasteiger partial charge in [-0.05, 0) is 60.7 Å². The zero-order valence-corrected chi connectivity index (χ0v) is 22.8. The van der Waals surface area contributed by atoms with Crippen molar-refractivity contribution in [2.24, 2.45) is 0 Å². The van der Waals surface area contributed by atoms with Gasteiger partial charge in [0.2, 0.25) is 0 Å². The highest BCUT2D eigenvalue weighted by Gasteiger charge is 2.19. The average molecular weight is 560 g/mol. The van der Waals surface area contributed by atoms with Gasteiger partial charge in [-0.1, -0.05) is 48.5 Å². The average Bonchev–Trinajstić information content (AvgIpc) is 3.24. The normalized spacial score (nSPS) is 11.3. The predicted octanol–water partition coefficient (Wildman–Crippen LogP) is 5.48. The molecule has 8 nitrogen and oxygen atoms in total. The number of halogens is 2. The second-order valence-electron chi connectivity index (χ2n) is 9.39. The molecule has 40 heavy (non-hydrogen) atoms. The largest absolute Gasteiger partial charge is 0.399 e. The molecule has 0 saturated carbocycles. The summed E-state index contributed by atoms with van der Waals surface area (Å²) in [7, 11) is 0. The van der Waals surface area contributed by atoms with Crippen LogP contribution in [0.2, 0.25) is 5.02 Å². The zero-order valence-electron chi connectivity index (χ0n) is 22.0. The van der Waals surface area contributed by atoms with Gasteiger partial charge in [-0.15, -0.1) is 5.10 Å². The fourth-order valence-electron chi connectivity index (χ4n) is 4.65. The number of rotatable bonds is 8. The molecule has 2 aromatic heterocycles. The Bertz CT molecular complexity index is 1850. The van der Waals surface area contributed by atoms with Crippen LogP contribution in [0.15, 0.2) is 83.0 Å². The number of hydrogen-bond acceptors (Lipinski definition) is 5. The van der Waals surface area contributed by atoms with Crippen molar-refractivity contribution in [1.29, 1.82) is 0 Å². The Balaban J connectivity index is 1.59. The first-order valence-corrected chi connectivity index (χ1v) is 13.0. The SMILES string of the molecule is C=C(C)c1cn(-c2c(F)cc(N)cc2Cl)c(=O)c2ccc(-n3nc(COCc4ccccc4)n(CC)c3=O)cc12. The first kappa shape index (κ1) is 27.1. The van der Waals surface area contributed by atoms with Crippen LogP contribution in [0.4, 0.5) is 10.1 Å². The Morgan fingerprint density at radius 3 is 2.50 bits per heavy atom. The highest BCUT2D eigenvalue weighted by Crippen LogP contribution is 2.29. The van der Waals surface area contributed by atoms with E-state index in [9.17, 15) is 14.0 Å². The summed E-state index contributed by atoms with van der Waals surface area (Å²) in [5.74, 6) is -0.248. The summed E-state index contributed by atoms with van der Waals surface area (Å²) in [5.41, 5.74) is 7.61. The van der Waals surface area contributed by atoms with E-state index in [1.807, 2.05) is 37.3 Å². The van der Waals surface area contributed by atoms with Crippen molar-refractivity contribution < 1.29 is 9.13 Å². The lowest BCUT2D eigenvalue weighted by Crippen LogP contribution is -2.24. The number of aromatic nitrogens is 4. The minimum absolute atomic E-state index is 0.00176. The van der Waals surface area contributed by atoms with Crippen LogP contribution in [0.3, 0.4) is 0 Å². The minimum atomic E-state index is -0.727. The standard InChI is InChI=1S/C30H27ClFN5O3/c1-4-35-27(17-40-16-19-8-6-5-7-9-19)34-37(30(35)39)21-10-11-22-23(14-21)24(18(2)3)15-36(29(22)38)28-25(31)12-20(33)13-26(28)32/h5-15H,2,4,16-17,33H2,1,3H3. The Morgan fingerprint density at radius 1 is 1.07 bits per heavy atom. The van der Waals surface area contributed by atoms with E-state index >= 15 is 0 Å². The van der Waals surface area contributed by atoms with Crippen molar-refractivity contribution in [3.05, 3.63) is 122 Å². The van der Waals surface area contributed by atoms with Gasteiger partial charge in [-0.25, -0.2) is 9.18 Å². The van der Waals surface area contributed by atoms with Gasteiger partial charge >= 0.3 is 5.69 Å². The maximum absolute atomic E-state index is 14.9. The lowest BCUT2D eigenvalue weighted by Gasteiger charge is -2.15. The van der Waals surface area contributed by atoms with Crippen LogP contribution >= 0.6 is 11.6 Å². The topological polar surface area (TPSA) is 97.1 Å². The van der Waals surface area contributed by atoms with Crippen LogP contribution in [-0.4, -0.2) is 18.9 Å². The molecule has 0 radical (unpaired) electrons. The van der Waals surface area contributed by atoms with Crippen molar-refractivity contribution in [2.75, 3.05) is 5.73 Å². The van der Waals surface area contributed by atoms with Crippen LogP contribution in [0.5, 0.6) is 0 Å². The maximum Gasteiger partial charge on any atom is 0.350 e. The molecule has 0 bridgehead atoms. The molecule has 0 fully saturated rings. The summed E-state index contributed by atoms with van der Waals surface area (Å²) in [4.78, 5) is 26.8. The number of fused-ring (bicyclic) bond motifs is 1. The lowest BCUT2D eigenvalue weighted by atomic mass is 10.0. The third kappa shape index (κ3) is 4.97. The molecule has 0 aliphatic rings. The molecular weight excluding hydrogens is 533 g/mol. The first-order valence-electron chi connectivity index (χ1n) is 12.6. The number of nitrogen functional groups attached to an aromatic ring is 1. The van der Waals surface area contributed by atoms with E-state index in [4.69, 9.17) is 22.1 Å². The van der Waals surface area contributed by atoms with Gasteiger partial charge in [0, 0.05) is 29.4 Å². The molecular formula is C30H27ClFN5O3. The monoisotopic (exact) mass is 559 g/mol. The van der Waals surface area contributed by atoms with Gasteiger partial charge in [-0.3, -0.25) is 13.9 Å². The fourth-order valence-corrected chi connectivity index (χ4v) is 4.95. The molecule has 3 aromatic carbocycles. The summed E-state index contributed by atoms with van der Waals surface area (Å²) in [5, 5.41) is 5.38. The molecule has 2 heterocycles. The van der Waals surface area contributed by atoms with Crippen molar-refractivity contribution in [3.8, 4) is 11.4 Å². The fraction of sp³-hybridized carbons (Fsp3) is 0.167. The Morgan fingerprint density at radius 2 is 1.82 bits per heavy atom. The summed E-state index contributed by atoms with van der Waals surface area (Å²) in [6, 6.07) is 17.1. The molecule has 0 atom stereocenters.